The van der Waals surface area contributed by atoms with Crippen molar-refractivity contribution in [2.24, 2.45) is 0 Å². The molecule has 0 atom stereocenters. The lowest BCUT2D eigenvalue weighted by atomic mass is 9.95. The molecular formula is C15H21NO2S. The number of amides is 1. The second kappa shape index (κ2) is 7.43. The molecule has 1 saturated carbocycles. The van der Waals surface area contributed by atoms with Crippen molar-refractivity contribution in [3.8, 4) is 5.75 Å². The van der Waals surface area contributed by atoms with Crippen molar-refractivity contribution < 1.29 is 9.53 Å². The van der Waals surface area contributed by atoms with Gasteiger partial charge in [-0.15, -0.1) is 11.8 Å². The first kappa shape index (κ1) is 14.3. The summed E-state index contributed by atoms with van der Waals surface area (Å²) in [6.07, 6.45) is 7.99. The van der Waals surface area contributed by atoms with E-state index in [9.17, 15) is 4.79 Å². The Hall–Kier alpha value is -1.16. The Morgan fingerprint density at radius 3 is 2.58 bits per heavy atom. The molecule has 2 rings (SSSR count). The Kier molecular flexibility index (Phi) is 5.58. The second-order valence-corrected chi connectivity index (χ2v) is 5.75. The topological polar surface area (TPSA) is 38.3 Å². The van der Waals surface area contributed by atoms with E-state index in [1.807, 2.05) is 30.5 Å². The predicted octanol–water partition coefficient (Wildman–Crippen LogP) is 3.24. The molecule has 0 saturated heterocycles. The molecule has 1 fully saturated rings. The average molecular weight is 279 g/mol. The molecule has 0 aromatic heterocycles. The van der Waals surface area contributed by atoms with Crippen molar-refractivity contribution in [3.63, 3.8) is 0 Å². The zero-order valence-corrected chi connectivity index (χ0v) is 12.2. The fraction of sp³-hybridized carbons (Fsp3) is 0.533. The van der Waals surface area contributed by atoms with E-state index in [1.54, 1.807) is 11.8 Å². The highest BCUT2D eigenvalue weighted by Gasteiger charge is 2.15. The van der Waals surface area contributed by atoms with Gasteiger partial charge in [0.1, 0.15) is 5.75 Å². The minimum absolute atomic E-state index is 0.0131. The van der Waals surface area contributed by atoms with Gasteiger partial charge in [-0.1, -0.05) is 19.3 Å². The zero-order valence-electron chi connectivity index (χ0n) is 11.4. The molecule has 1 N–H and O–H groups in total. The van der Waals surface area contributed by atoms with Gasteiger partial charge in [-0.2, -0.15) is 0 Å². The molecule has 0 radical (unpaired) electrons. The van der Waals surface area contributed by atoms with Crippen LogP contribution in [0.1, 0.15) is 32.1 Å². The molecule has 0 aliphatic heterocycles. The van der Waals surface area contributed by atoms with Gasteiger partial charge < -0.3 is 10.1 Å². The maximum Gasteiger partial charge on any atom is 0.258 e. The molecule has 1 aliphatic rings. The number of hydrogen-bond acceptors (Lipinski definition) is 3. The van der Waals surface area contributed by atoms with Crippen molar-refractivity contribution in [1.82, 2.24) is 5.32 Å². The molecule has 104 valence electrons. The van der Waals surface area contributed by atoms with Crippen LogP contribution in [0.3, 0.4) is 0 Å². The Balaban J connectivity index is 1.72. The Morgan fingerprint density at radius 2 is 1.95 bits per heavy atom. The number of hydrogen-bond donors (Lipinski definition) is 1. The van der Waals surface area contributed by atoms with Gasteiger partial charge in [-0.05, 0) is 43.4 Å². The van der Waals surface area contributed by atoms with Gasteiger partial charge in [0.15, 0.2) is 6.61 Å². The lowest BCUT2D eigenvalue weighted by molar-refractivity contribution is -0.124. The van der Waals surface area contributed by atoms with Crippen LogP contribution >= 0.6 is 11.8 Å². The van der Waals surface area contributed by atoms with Crippen LogP contribution in [-0.4, -0.2) is 24.8 Å². The Labute approximate surface area is 119 Å². The highest BCUT2D eigenvalue weighted by Crippen LogP contribution is 2.19. The Bertz CT molecular complexity index is 399. The van der Waals surface area contributed by atoms with E-state index in [2.05, 4.69) is 5.32 Å². The monoisotopic (exact) mass is 279 g/mol. The van der Waals surface area contributed by atoms with Crippen LogP contribution in [0, 0.1) is 0 Å². The maximum absolute atomic E-state index is 11.8. The largest absolute Gasteiger partial charge is 0.484 e. The van der Waals surface area contributed by atoms with Crippen LogP contribution in [-0.2, 0) is 4.79 Å². The van der Waals surface area contributed by atoms with Gasteiger partial charge in [0.05, 0.1) is 0 Å². The molecule has 0 unspecified atom stereocenters. The van der Waals surface area contributed by atoms with Crippen LogP contribution in [0.4, 0.5) is 0 Å². The molecule has 0 heterocycles. The van der Waals surface area contributed by atoms with Crippen LogP contribution in [0.2, 0.25) is 0 Å². The van der Waals surface area contributed by atoms with E-state index in [1.165, 1.54) is 24.2 Å². The van der Waals surface area contributed by atoms with E-state index < -0.39 is 0 Å². The van der Waals surface area contributed by atoms with Gasteiger partial charge >= 0.3 is 0 Å². The van der Waals surface area contributed by atoms with Gasteiger partial charge in [0.25, 0.3) is 5.91 Å². The van der Waals surface area contributed by atoms with Crippen molar-refractivity contribution in [2.75, 3.05) is 12.9 Å². The van der Waals surface area contributed by atoms with E-state index in [0.717, 1.165) is 18.6 Å². The quantitative estimate of drug-likeness (QED) is 0.841. The van der Waals surface area contributed by atoms with E-state index in [0.29, 0.717) is 6.04 Å². The molecule has 1 aromatic carbocycles. The molecule has 0 bridgehead atoms. The number of carbonyl (C=O) groups excluding carboxylic acids is 1. The number of thioether (sulfide) groups is 1. The number of rotatable bonds is 5. The molecule has 4 heteroatoms. The predicted molar refractivity (Wildman–Crippen MR) is 78.7 cm³/mol. The second-order valence-electron chi connectivity index (χ2n) is 4.87. The normalized spacial score (nSPS) is 16.1. The first-order valence-corrected chi connectivity index (χ1v) is 8.06. The standard InChI is InChI=1S/C15H21NO2S/c1-19-14-9-7-13(8-10-14)18-11-15(17)16-12-5-3-2-4-6-12/h7-10,12H,2-6,11H2,1H3,(H,16,17). The third-order valence-electron chi connectivity index (χ3n) is 3.40. The first-order chi connectivity index (χ1) is 9.28. The first-order valence-electron chi connectivity index (χ1n) is 6.84. The summed E-state index contributed by atoms with van der Waals surface area (Å²) < 4.78 is 5.49. The Morgan fingerprint density at radius 1 is 1.26 bits per heavy atom. The third kappa shape index (κ3) is 4.78. The zero-order chi connectivity index (χ0) is 13.5. The lowest BCUT2D eigenvalue weighted by Gasteiger charge is -2.22. The third-order valence-corrected chi connectivity index (χ3v) is 4.14. The average Bonchev–Trinajstić information content (AvgIpc) is 2.47. The van der Waals surface area contributed by atoms with Gasteiger partial charge in [0.2, 0.25) is 0 Å². The summed E-state index contributed by atoms with van der Waals surface area (Å²) in [7, 11) is 0. The highest BCUT2D eigenvalue weighted by molar-refractivity contribution is 7.98. The summed E-state index contributed by atoms with van der Waals surface area (Å²) in [4.78, 5) is 13.0. The van der Waals surface area contributed by atoms with Crippen LogP contribution in [0.25, 0.3) is 0 Å². The summed E-state index contributed by atoms with van der Waals surface area (Å²) >= 11 is 1.69. The molecule has 1 aromatic rings. The number of nitrogens with one attached hydrogen (secondary N) is 1. The van der Waals surface area contributed by atoms with Crippen LogP contribution < -0.4 is 10.1 Å². The summed E-state index contributed by atoms with van der Waals surface area (Å²) in [6, 6.07) is 8.15. The van der Waals surface area contributed by atoms with Crippen molar-refractivity contribution in [1.29, 1.82) is 0 Å². The molecule has 1 amide bonds. The van der Waals surface area contributed by atoms with Crippen molar-refractivity contribution in [2.45, 2.75) is 43.0 Å². The SMILES string of the molecule is CSc1ccc(OCC(=O)NC2CCCCC2)cc1. The van der Waals surface area contributed by atoms with Gasteiger partial charge in [-0.25, -0.2) is 0 Å². The fourth-order valence-electron chi connectivity index (χ4n) is 2.34. The molecular weight excluding hydrogens is 258 g/mol. The summed E-state index contributed by atoms with van der Waals surface area (Å²) in [5.74, 6) is 0.734. The molecule has 1 aliphatic carbocycles. The lowest BCUT2D eigenvalue weighted by Crippen LogP contribution is -2.38. The number of ether oxygens (including phenoxy) is 1. The fourth-order valence-corrected chi connectivity index (χ4v) is 2.75. The number of carbonyl (C=O) groups is 1. The summed E-state index contributed by atoms with van der Waals surface area (Å²) in [5, 5.41) is 3.04. The van der Waals surface area contributed by atoms with Gasteiger partial charge in [-0.3, -0.25) is 4.79 Å². The number of benzene rings is 1. The van der Waals surface area contributed by atoms with Crippen LogP contribution in [0.15, 0.2) is 29.2 Å². The van der Waals surface area contributed by atoms with E-state index in [4.69, 9.17) is 4.74 Å². The minimum atomic E-state index is -0.0131. The summed E-state index contributed by atoms with van der Waals surface area (Å²) in [5.41, 5.74) is 0. The van der Waals surface area contributed by atoms with Crippen LogP contribution in [0.5, 0.6) is 5.75 Å². The van der Waals surface area contributed by atoms with E-state index >= 15 is 0 Å². The smallest absolute Gasteiger partial charge is 0.258 e. The highest BCUT2D eigenvalue weighted by atomic mass is 32.2. The van der Waals surface area contributed by atoms with Gasteiger partial charge in [0, 0.05) is 10.9 Å². The molecule has 3 nitrogen and oxygen atoms in total. The minimum Gasteiger partial charge on any atom is -0.484 e. The molecule has 19 heavy (non-hydrogen) atoms. The van der Waals surface area contributed by atoms with Crippen molar-refractivity contribution in [3.05, 3.63) is 24.3 Å². The molecule has 0 spiro atoms. The van der Waals surface area contributed by atoms with E-state index in [-0.39, 0.29) is 12.5 Å². The maximum atomic E-state index is 11.8. The van der Waals surface area contributed by atoms with Crippen molar-refractivity contribution >= 4 is 17.7 Å². The summed E-state index contributed by atoms with van der Waals surface area (Å²) in [6.45, 7) is 0.106.